The van der Waals surface area contributed by atoms with Crippen molar-refractivity contribution in [3.8, 4) is 0 Å². The summed E-state index contributed by atoms with van der Waals surface area (Å²) in [5, 5.41) is 10.4. The van der Waals surface area contributed by atoms with E-state index in [4.69, 9.17) is 4.74 Å². The number of carbonyl (C=O) groups excluding carboxylic acids is 1. The van der Waals surface area contributed by atoms with Crippen molar-refractivity contribution in [2.24, 2.45) is 0 Å². The van der Waals surface area contributed by atoms with Crippen LogP contribution in [0.1, 0.15) is 19.8 Å². The molecule has 2 unspecified atom stereocenters. The third-order valence-electron chi connectivity index (χ3n) is 1.96. The van der Waals surface area contributed by atoms with Crippen molar-refractivity contribution in [1.82, 2.24) is 5.06 Å². The van der Waals surface area contributed by atoms with Gasteiger partial charge in [0, 0.05) is 6.54 Å². The zero-order chi connectivity index (χ0) is 9.84. The number of carbonyl (C=O) groups is 1. The minimum absolute atomic E-state index is 0.119. The number of nitrogens with zero attached hydrogens (tertiary/aromatic N) is 1. The predicted octanol–water partition coefficient (Wildman–Crippen LogP) is 1.21. The first-order chi connectivity index (χ1) is 6.09. The monoisotopic (exact) mass is 299 g/mol. The Balaban J connectivity index is 2.31. The second-order valence-electron chi connectivity index (χ2n) is 3.23. The molecule has 0 bridgehead atoms. The maximum atomic E-state index is 11.2. The van der Waals surface area contributed by atoms with Crippen molar-refractivity contribution in [3.05, 3.63) is 0 Å². The highest BCUT2D eigenvalue weighted by Gasteiger charge is 2.23. The number of halogens is 1. The Kier molecular flexibility index (Phi) is 4.40. The largest absolute Gasteiger partial charge is 0.460 e. The molecule has 1 rings (SSSR count). The Labute approximate surface area is 91.3 Å². The van der Waals surface area contributed by atoms with Crippen molar-refractivity contribution in [2.75, 3.05) is 13.1 Å². The molecule has 1 aliphatic rings. The van der Waals surface area contributed by atoms with E-state index in [1.807, 2.05) is 22.6 Å². The lowest BCUT2D eigenvalue weighted by molar-refractivity contribution is -0.166. The SMILES string of the molecule is CC(I)C(=O)OC1CCCN(O)C1. The molecule has 1 saturated heterocycles. The molecule has 0 aliphatic carbocycles. The van der Waals surface area contributed by atoms with E-state index in [1.165, 1.54) is 5.06 Å². The Morgan fingerprint density at radius 2 is 2.46 bits per heavy atom. The molecule has 76 valence electrons. The molecular weight excluding hydrogens is 285 g/mol. The van der Waals surface area contributed by atoms with Gasteiger partial charge in [0.15, 0.2) is 0 Å². The summed E-state index contributed by atoms with van der Waals surface area (Å²) in [4.78, 5) is 11.2. The number of rotatable bonds is 2. The van der Waals surface area contributed by atoms with Crippen molar-refractivity contribution in [3.63, 3.8) is 0 Å². The van der Waals surface area contributed by atoms with E-state index >= 15 is 0 Å². The zero-order valence-electron chi connectivity index (χ0n) is 7.57. The fourth-order valence-corrected chi connectivity index (χ4v) is 1.42. The first-order valence-corrected chi connectivity index (χ1v) is 5.62. The predicted molar refractivity (Wildman–Crippen MR) is 56.0 cm³/mol. The van der Waals surface area contributed by atoms with E-state index in [0.717, 1.165) is 12.8 Å². The van der Waals surface area contributed by atoms with Gasteiger partial charge >= 0.3 is 5.97 Å². The summed E-state index contributed by atoms with van der Waals surface area (Å²) in [5.41, 5.74) is 0. The van der Waals surface area contributed by atoms with Crippen LogP contribution in [0.15, 0.2) is 0 Å². The van der Waals surface area contributed by atoms with Gasteiger partial charge in [0.25, 0.3) is 0 Å². The number of ether oxygens (including phenoxy) is 1. The average molecular weight is 299 g/mol. The summed E-state index contributed by atoms with van der Waals surface area (Å²) in [7, 11) is 0. The normalized spacial score (nSPS) is 26.8. The number of hydrogen-bond acceptors (Lipinski definition) is 4. The summed E-state index contributed by atoms with van der Waals surface area (Å²) in [5.74, 6) is -0.194. The zero-order valence-corrected chi connectivity index (χ0v) is 9.73. The van der Waals surface area contributed by atoms with Crippen LogP contribution < -0.4 is 0 Å². The van der Waals surface area contributed by atoms with Gasteiger partial charge in [-0.1, -0.05) is 22.6 Å². The number of piperidine rings is 1. The van der Waals surface area contributed by atoms with E-state index in [9.17, 15) is 10.0 Å². The molecule has 0 aromatic heterocycles. The molecule has 0 aromatic rings. The van der Waals surface area contributed by atoms with Crippen LogP contribution in [-0.2, 0) is 9.53 Å². The van der Waals surface area contributed by atoms with E-state index < -0.39 is 0 Å². The highest BCUT2D eigenvalue weighted by Crippen LogP contribution is 2.13. The Morgan fingerprint density at radius 1 is 1.77 bits per heavy atom. The van der Waals surface area contributed by atoms with Crippen molar-refractivity contribution < 1.29 is 14.7 Å². The van der Waals surface area contributed by atoms with E-state index in [1.54, 1.807) is 6.92 Å². The van der Waals surface area contributed by atoms with Crippen LogP contribution in [-0.4, -0.2) is 39.4 Å². The van der Waals surface area contributed by atoms with Crippen molar-refractivity contribution in [2.45, 2.75) is 29.8 Å². The number of hydrogen-bond donors (Lipinski definition) is 1. The van der Waals surface area contributed by atoms with Crippen molar-refractivity contribution >= 4 is 28.6 Å². The first kappa shape index (κ1) is 11.2. The van der Waals surface area contributed by atoms with E-state index in [0.29, 0.717) is 13.1 Å². The fraction of sp³-hybridized carbons (Fsp3) is 0.875. The quantitative estimate of drug-likeness (QED) is 0.473. The highest BCUT2D eigenvalue weighted by atomic mass is 127. The molecule has 0 radical (unpaired) electrons. The average Bonchev–Trinajstić information content (AvgIpc) is 2.04. The van der Waals surface area contributed by atoms with E-state index in [-0.39, 0.29) is 16.0 Å². The lowest BCUT2D eigenvalue weighted by Crippen LogP contribution is -2.39. The Bertz CT molecular complexity index is 186. The van der Waals surface area contributed by atoms with Crippen LogP contribution in [0.5, 0.6) is 0 Å². The standard InChI is InChI=1S/C8H14INO3/c1-6(9)8(11)13-7-3-2-4-10(12)5-7/h6-7,12H,2-5H2,1H3. The molecule has 4 nitrogen and oxygen atoms in total. The van der Waals surface area contributed by atoms with Gasteiger partial charge in [0.2, 0.25) is 0 Å². The first-order valence-electron chi connectivity index (χ1n) is 4.38. The van der Waals surface area contributed by atoms with Gasteiger partial charge in [-0.2, -0.15) is 5.06 Å². The molecule has 0 spiro atoms. The number of hydroxylamine groups is 2. The number of alkyl halides is 1. The highest BCUT2D eigenvalue weighted by molar-refractivity contribution is 14.1. The summed E-state index contributed by atoms with van der Waals surface area (Å²) >= 11 is 2.02. The molecule has 1 aliphatic heterocycles. The lowest BCUT2D eigenvalue weighted by Gasteiger charge is -2.28. The lowest BCUT2D eigenvalue weighted by atomic mass is 10.1. The van der Waals surface area contributed by atoms with Gasteiger partial charge in [-0.05, 0) is 19.8 Å². The van der Waals surface area contributed by atoms with Gasteiger partial charge in [0.1, 0.15) is 10.0 Å². The van der Waals surface area contributed by atoms with Crippen LogP contribution in [0.3, 0.4) is 0 Å². The molecule has 1 N–H and O–H groups in total. The molecular formula is C8H14INO3. The Hall–Kier alpha value is 0.120. The summed E-state index contributed by atoms with van der Waals surface area (Å²) in [6.45, 7) is 2.91. The fourth-order valence-electron chi connectivity index (χ4n) is 1.27. The third-order valence-corrected chi connectivity index (χ3v) is 2.47. The smallest absolute Gasteiger partial charge is 0.318 e. The van der Waals surface area contributed by atoms with Gasteiger partial charge < -0.3 is 9.94 Å². The van der Waals surface area contributed by atoms with E-state index in [2.05, 4.69) is 0 Å². The molecule has 0 amide bonds. The van der Waals surface area contributed by atoms with Gasteiger partial charge in [-0.25, -0.2) is 0 Å². The topological polar surface area (TPSA) is 49.8 Å². The summed E-state index contributed by atoms with van der Waals surface area (Å²) < 4.78 is 5.06. The van der Waals surface area contributed by atoms with Gasteiger partial charge in [-0.15, -0.1) is 0 Å². The molecule has 13 heavy (non-hydrogen) atoms. The Morgan fingerprint density at radius 3 is 3.00 bits per heavy atom. The second kappa shape index (κ2) is 5.11. The van der Waals surface area contributed by atoms with Crippen LogP contribution >= 0.6 is 22.6 Å². The van der Waals surface area contributed by atoms with Crippen LogP contribution in [0.2, 0.25) is 0 Å². The molecule has 0 saturated carbocycles. The minimum atomic E-state index is -0.194. The second-order valence-corrected chi connectivity index (χ2v) is 5.10. The minimum Gasteiger partial charge on any atom is -0.460 e. The van der Waals surface area contributed by atoms with Crippen LogP contribution in [0, 0.1) is 0 Å². The van der Waals surface area contributed by atoms with Crippen molar-refractivity contribution in [1.29, 1.82) is 0 Å². The van der Waals surface area contributed by atoms with Gasteiger partial charge in [0.05, 0.1) is 6.54 Å². The molecule has 2 atom stereocenters. The van der Waals surface area contributed by atoms with Crippen LogP contribution in [0.25, 0.3) is 0 Å². The maximum absolute atomic E-state index is 11.2. The molecule has 1 heterocycles. The number of esters is 1. The summed E-state index contributed by atoms with van der Waals surface area (Å²) in [6.07, 6.45) is 1.60. The summed E-state index contributed by atoms with van der Waals surface area (Å²) in [6, 6.07) is 0. The molecule has 1 fully saturated rings. The molecule has 5 heteroatoms. The molecule has 0 aromatic carbocycles. The maximum Gasteiger partial charge on any atom is 0.318 e. The van der Waals surface area contributed by atoms with Crippen LogP contribution in [0.4, 0.5) is 0 Å². The third kappa shape index (κ3) is 3.78. The van der Waals surface area contributed by atoms with Gasteiger partial charge in [-0.3, -0.25) is 4.79 Å².